The molecule has 0 amide bonds. The van der Waals surface area contributed by atoms with Crippen molar-refractivity contribution < 1.29 is 22.8 Å². The van der Waals surface area contributed by atoms with Gasteiger partial charge in [-0.2, -0.15) is 18.3 Å². The lowest BCUT2D eigenvalue weighted by atomic mass is 10.1. The van der Waals surface area contributed by atoms with Gasteiger partial charge in [-0.1, -0.05) is 30.3 Å². The summed E-state index contributed by atoms with van der Waals surface area (Å²) < 4.78 is 44.7. The first-order valence-corrected chi connectivity index (χ1v) is 9.64. The van der Waals surface area contributed by atoms with Crippen LogP contribution in [0.5, 0.6) is 5.75 Å². The van der Waals surface area contributed by atoms with E-state index >= 15 is 0 Å². The maximum absolute atomic E-state index is 12.8. The molecule has 0 saturated heterocycles. The largest absolute Gasteiger partial charge is 0.488 e. The molecule has 0 radical (unpaired) electrons. The SMILES string of the molecule is O=[N+]([O-])c1cc(C(F)(F)F)ccc1N/N=C\c1ccc(OCc2ccccc2)c(Br)c1. The van der Waals surface area contributed by atoms with Crippen molar-refractivity contribution in [1.29, 1.82) is 0 Å². The van der Waals surface area contributed by atoms with E-state index in [2.05, 4.69) is 26.5 Å². The molecule has 3 aromatic carbocycles. The number of halogens is 4. The maximum atomic E-state index is 12.8. The molecule has 6 nitrogen and oxygen atoms in total. The predicted molar refractivity (Wildman–Crippen MR) is 114 cm³/mol. The molecule has 0 unspecified atom stereocenters. The quantitative estimate of drug-likeness (QED) is 0.234. The molecule has 10 heteroatoms. The molecule has 160 valence electrons. The number of nitro benzene ring substituents is 1. The standard InChI is InChI=1S/C21H15BrF3N3O3/c22-17-10-15(6-9-20(17)31-13-14-4-2-1-3-5-14)12-26-27-18-8-7-16(21(23,24)25)11-19(18)28(29)30/h1-12,27H,13H2/b26-12-. The number of hydrogen-bond acceptors (Lipinski definition) is 5. The highest BCUT2D eigenvalue weighted by atomic mass is 79.9. The Morgan fingerprint density at radius 2 is 1.84 bits per heavy atom. The van der Waals surface area contributed by atoms with E-state index in [-0.39, 0.29) is 5.69 Å². The van der Waals surface area contributed by atoms with Gasteiger partial charge in [-0.05, 0) is 57.4 Å². The zero-order valence-electron chi connectivity index (χ0n) is 15.8. The number of hydrazone groups is 1. The van der Waals surface area contributed by atoms with Crippen LogP contribution < -0.4 is 10.2 Å². The Morgan fingerprint density at radius 1 is 1.10 bits per heavy atom. The third-order valence-corrected chi connectivity index (χ3v) is 4.73. The van der Waals surface area contributed by atoms with Crippen LogP contribution in [0.4, 0.5) is 24.5 Å². The summed E-state index contributed by atoms with van der Waals surface area (Å²) in [5, 5.41) is 15.0. The molecule has 3 rings (SSSR count). The van der Waals surface area contributed by atoms with Crippen LogP contribution in [0.25, 0.3) is 0 Å². The fourth-order valence-corrected chi connectivity index (χ4v) is 3.09. The van der Waals surface area contributed by atoms with E-state index in [1.165, 1.54) is 6.21 Å². The van der Waals surface area contributed by atoms with Gasteiger partial charge in [0.05, 0.1) is 21.2 Å². The van der Waals surface area contributed by atoms with Gasteiger partial charge in [-0.15, -0.1) is 0 Å². The zero-order chi connectivity index (χ0) is 22.4. The van der Waals surface area contributed by atoms with Gasteiger partial charge < -0.3 is 4.74 Å². The lowest BCUT2D eigenvalue weighted by Gasteiger charge is -2.09. The summed E-state index contributed by atoms with van der Waals surface area (Å²) in [7, 11) is 0. The molecular weight excluding hydrogens is 479 g/mol. The minimum absolute atomic E-state index is 0.156. The van der Waals surface area contributed by atoms with Crippen molar-refractivity contribution in [3.63, 3.8) is 0 Å². The molecule has 0 aliphatic heterocycles. The van der Waals surface area contributed by atoms with Crippen LogP contribution in [0.3, 0.4) is 0 Å². The van der Waals surface area contributed by atoms with Crippen LogP contribution in [-0.4, -0.2) is 11.1 Å². The second-order valence-corrected chi connectivity index (χ2v) is 7.18. The normalized spacial score (nSPS) is 11.5. The number of alkyl halides is 3. The van der Waals surface area contributed by atoms with Crippen LogP contribution in [0.1, 0.15) is 16.7 Å². The molecule has 1 N–H and O–H groups in total. The third-order valence-electron chi connectivity index (χ3n) is 4.11. The minimum Gasteiger partial charge on any atom is -0.488 e. The van der Waals surface area contributed by atoms with E-state index in [9.17, 15) is 23.3 Å². The van der Waals surface area contributed by atoms with E-state index in [1.807, 2.05) is 30.3 Å². The molecule has 0 heterocycles. The first-order chi connectivity index (χ1) is 14.7. The number of rotatable bonds is 7. The number of ether oxygens (including phenoxy) is 1. The highest BCUT2D eigenvalue weighted by Gasteiger charge is 2.33. The molecule has 0 aliphatic rings. The molecule has 31 heavy (non-hydrogen) atoms. The van der Waals surface area contributed by atoms with Crippen molar-refractivity contribution in [2.75, 3.05) is 5.43 Å². The number of hydrogen-bond donors (Lipinski definition) is 1. The fraction of sp³-hybridized carbons (Fsp3) is 0.0952. The molecule has 0 fully saturated rings. The Balaban J connectivity index is 1.68. The predicted octanol–water partition coefficient (Wildman–Crippen LogP) is 6.40. The number of nitrogens with one attached hydrogen (secondary N) is 1. The van der Waals surface area contributed by atoms with Gasteiger partial charge in [0.25, 0.3) is 5.69 Å². The van der Waals surface area contributed by atoms with Crippen LogP contribution in [0.15, 0.2) is 76.3 Å². The third kappa shape index (κ3) is 6.05. The number of benzene rings is 3. The molecule has 0 spiro atoms. The summed E-state index contributed by atoms with van der Waals surface area (Å²) in [6.45, 7) is 0.395. The van der Waals surface area contributed by atoms with Crippen molar-refractivity contribution in [1.82, 2.24) is 0 Å². The molecule has 0 bridgehead atoms. The first-order valence-electron chi connectivity index (χ1n) is 8.85. The van der Waals surface area contributed by atoms with Crippen molar-refractivity contribution in [2.45, 2.75) is 12.8 Å². The van der Waals surface area contributed by atoms with Gasteiger partial charge >= 0.3 is 6.18 Å². The van der Waals surface area contributed by atoms with Crippen LogP contribution in [0, 0.1) is 10.1 Å². The lowest BCUT2D eigenvalue weighted by Crippen LogP contribution is -2.06. The molecule has 0 aliphatic carbocycles. The van der Waals surface area contributed by atoms with E-state index in [0.29, 0.717) is 28.5 Å². The van der Waals surface area contributed by atoms with Gasteiger partial charge in [0, 0.05) is 6.07 Å². The summed E-state index contributed by atoms with van der Waals surface area (Å²) in [5.74, 6) is 0.618. The second-order valence-electron chi connectivity index (χ2n) is 6.32. The fourth-order valence-electron chi connectivity index (χ4n) is 2.58. The van der Waals surface area contributed by atoms with Crippen molar-refractivity contribution in [3.05, 3.63) is 98.0 Å². The Kier molecular flexibility index (Phi) is 6.91. The molecular formula is C21H15BrF3N3O3. The van der Waals surface area contributed by atoms with Crippen LogP contribution in [-0.2, 0) is 12.8 Å². The summed E-state index contributed by atoms with van der Waals surface area (Å²) in [6.07, 6.45) is -3.30. The van der Waals surface area contributed by atoms with E-state index in [1.54, 1.807) is 18.2 Å². The van der Waals surface area contributed by atoms with Crippen LogP contribution in [0.2, 0.25) is 0 Å². The topological polar surface area (TPSA) is 76.8 Å². The lowest BCUT2D eigenvalue weighted by molar-refractivity contribution is -0.384. The van der Waals surface area contributed by atoms with Gasteiger partial charge in [-0.25, -0.2) is 0 Å². The van der Waals surface area contributed by atoms with Gasteiger partial charge in [0.15, 0.2) is 0 Å². The van der Waals surface area contributed by atoms with E-state index in [0.717, 1.165) is 17.7 Å². The van der Waals surface area contributed by atoms with Gasteiger partial charge in [0.2, 0.25) is 0 Å². The Bertz CT molecular complexity index is 1110. The monoisotopic (exact) mass is 493 g/mol. The first kappa shape index (κ1) is 22.3. The van der Waals surface area contributed by atoms with Gasteiger partial charge in [0.1, 0.15) is 18.0 Å². The second kappa shape index (κ2) is 9.61. The average molecular weight is 494 g/mol. The van der Waals surface area contributed by atoms with E-state index in [4.69, 9.17) is 4.74 Å². The average Bonchev–Trinajstić information content (AvgIpc) is 2.73. The number of nitrogens with zero attached hydrogens (tertiary/aromatic N) is 2. The van der Waals surface area contributed by atoms with Crippen molar-refractivity contribution in [3.8, 4) is 5.75 Å². The van der Waals surface area contributed by atoms with E-state index < -0.39 is 22.4 Å². The Morgan fingerprint density at radius 3 is 2.48 bits per heavy atom. The summed E-state index contributed by atoms with van der Waals surface area (Å²) >= 11 is 3.41. The molecule has 0 aromatic heterocycles. The number of nitro groups is 1. The van der Waals surface area contributed by atoms with Crippen molar-refractivity contribution >= 4 is 33.5 Å². The minimum atomic E-state index is -4.68. The maximum Gasteiger partial charge on any atom is 0.416 e. The number of anilines is 1. The highest BCUT2D eigenvalue weighted by molar-refractivity contribution is 9.10. The molecule has 0 saturated carbocycles. The smallest absolute Gasteiger partial charge is 0.416 e. The molecule has 0 atom stereocenters. The Labute approximate surface area is 183 Å². The summed E-state index contributed by atoms with van der Waals surface area (Å²) in [4.78, 5) is 10.2. The summed E-state index contributed by atoms with van der Waals surface area (Å²) in [5.41, 5.74) is 2.08. The zero-order valence-corrected chi connectivity index (χ0v) is 17.4. The Hall–Kier alpha value is -3.40. The van der Waals surface area contributed by atoms with Gasteiger partial charge in [-0.3, -0.25) is 15.5 Å². The van der Waals surface area contributed by atoms with Crippen LogP contribution >= 0.6 is 15.9 Å². The van der Waals surface area contributed by atoms with Crippen molar-refractivity contribution in [2.24, 2.45) is 5.10 Å². The molecule has 3 aromatic rings. The summed E-state index contributed by atoms with van der Waals surface area (Å²) in [6, 6.07) is 17.0. The highest BCUT2D eigenvalue weighted by Crippen LogP contribution is 2.35.